The highest BCUT2D eigenvalue weighted by molar-refractivity contribution is 7.89. The van der Waals surface area contributed by atoms with Crippen molar-refractivity contribution in [3.63, 3.8) is 0 Å². The van der Waals surface area contributed by atoms with Crippen LogP contribution in [0, 0.1) is 17.1 Å². The number of hydrogen-bond acceptors (Lipinski definition) is 7. The van der Waals surface area contributed by atoms with Gasteiger partial charge in [-0.15, -0.1) is 0 Å². The van der Waals surface area contributed by atoms with Crippen LogP contribution in [0.1, 0.15) is 12.5 Å². The highest BCUT2D eigenvalue weighted by Gasteiger charge is 2.53. The number of rotatable bonds is 5. The molecule has 154 valence electrons. The van der Waals surface area contributed by atoms with E-state index in [2.05, 4.69) is 4.98 Å². The third kappa shape index (κ3) is 4.05. The van der Waals surface area contributed by atoms with Gasteiger partial charge in [0, 0.05) is 18.8 Å². The van der Waals surface area contributed by atoms with E-state index in [9.17, 15) is 17.9 Å². The van der Waals surface area contributed by atoms with Crippen LogP contribution < -0.4 is 10.5 Å². The van der Waals surface area contributed by atoms with Gasteiger partial charge in [0.05, 0.1) is 23.2 Å². The number of hydrogen-bond donors (Lipinski definition) is 2. The van der Waals surface area contributed by atoms with E-state index in [0.717, 1.165) is 10.4 Å². The maximum atomic E-state index is 14.2. The molecule has 1 saturated heterocycles. The van der Waals surface area contributed by atoms with E-state index in [1.165, 1.54) is 37.4 Å². The van der Waals surface area contributed by atoms with E-state index in [1.54, 1.807) is 6.07 Å². The largest absolute Gasteiger partial charge is 0.483 e. The lowest BCUT2D eigenvalue weighted by atomic mass is 9.92. The Hall–Kier alpha value is -2.29. The Kier molecular flexibility index (Phi) is 5.80. The average Bonchev–Trinajstić information content (AvgIpc) is 3.02. The fourth-order valence-electron chi connectivity index (χ4n) is 3.02. The minimum Gasteiger partial charge on any atom is -0.483 e. The standard InChI is InChI=1S/C18H18ClFN4O4S/c1-11(22)18(25)10-24(29(26,27)17-5-3-13(19)8-23-17)9-16(18)28-15-4-2-12(7-21)6-14(15)20/h2-6,8,11,16,25H,9-10,22H2,1H3/t11-,16?,18?/m1/s1. The summed E-state index contributed by atoms with van der Waals surface area (Å²) >= 11 is 5.76. The predicted octanol–water partition coefficient (Wildman–Crippen LogP) is 1.28. The number of nitriles is 1. The Morgan fingerprint density at radius 1 is 1.48 bits per heavy atom. The summed E-state index contributed by atoms with van der Waals surface area (Å²) in [5.74, 6) is -1.03. The number of β-amino-alcohol motifs (C(OH)–C–C–N with tert-alkyl or cyclic N) is 1. The van der Waals surface area contributed by atoms with Crippen molar-refractivity contribution in [2.45, 2.75) is 29.7 Å². The first-order valence-electron chi connectivity index (χ1n) is 8.54. The highest BCUT2D eigenvalue weighted by Crippen LogP contribution is 2.33. The summed E-state index contributed by atoms with van der Waals surface area (Å²) in [5.41, 5.74) is 4.22. The lowest BCUT2D eigenvalue weighted by molar-refractivity contribution is -0.0435. The number of sulfonamides is 1. The molecule has 1 aromatic carbocycles. The van der Waals surface area contributed by atoms with Crippen LogP contribution in [0.2, 0.25) is 5.02 Å². The Labute approximate surface area is 172 Å². The molecule has 3 rings (SSSR count). The van der Waals surface area contributed by atoms with Gasteiger partial charge in [0.1, 0.15) is 11.7 Å². The molecule has 1 fully saturated rings. The average molecular weight is 441 g/mol. The van der Waals surface area contributed by atoms with E-state index >= 15 is 0 Å². The lowest BCUT2D eigenvalue weighted by Crippen LogP contribution is -2.56. The second-order valence-electron chi connectivity index (χ2n) is 6.76. The van der Waals surface area contributed by atoms with Crippen molar-refractivity contribution in [2.75, 3.05) is 13.1 Å². The monoisotopic (exact) mass is 440 g/mol. The fourth-order valence-corrected chi connectivity index (χ4v) is 4.53. The molecule has 3 atom stereocenters. The molecular formula is C18H18ClFN4O4S. The van der Waals surface area contributed by atoms with E-state index in [-0.39, 0.29) is 34.5 Å². The zero-order chi connectivity index (χ0) is 21.4. The molecule has 8 nitrogen and oxygen atoms in total. The van der Waals surface area contributed by atoms with E-state index in [1.807, 2.05) is 0 Å². The molecule has 0 saturated carbocycles. The SMILES string of the molecule is C[C@@H](N)C1(O)CN(S(=O)(=O)c2ccc(Cl)cn2)CC1Oc1ccc(C#N)cc1F. The fraction of sp³-hybridized carbons (Fsp3) is 0.333. The van der Waals surface area contributed by atoms with Gasteiger partial charge < -0.3 is 15.6 Å². The number of nitrogens with two attached hydrogens (primary N) is 1. The number of pyridine rings is 1. The normalized spacial score (nSPS) is 23.5. The van der Waals surface area contributed by atoms with Crippen LogP contribution >= 0.6 is 11.6 Å². The summed E-state index contributed by atoms with van der Waals surface area (Å²) in [6.07, 6.45) is 0.0505. The van der Waals surface area contributed by atoms with Gasteiger partial charge in [0.2, 0.25) is 0 Å². The van der Waals surface area contributed by atoms with Crippen molar-refractivity contribution in [3.05, 3.63) is 52.9 Å². The van der Waals surface area contributed by atoms with Crippen molar-refractivity contribution in [1.82, 2.24) is 9.29 Å². The molecule has 29 heavy (non-hydrogen) atoms. The number of aromatic nitrogens is 1. The molecular weight excluding hydrogens is 423 g/mol. The molecule has 0 bridgehead atoms. The summed E-state index contributed by atoms with van der Waals surface area (Å²) in [6, 6.07) is 7.14. The summed E-state index contributed by atoms with van der Waals surface area (Å²) in [5, 5.41) is 19.9. The maximum absolute atomic E-state index is 14.2. The number of benzene rings is 1. The first-order valence-corrected chi connectivity index (χ1v) is 10.4. The van der Waals surface area contributed by atoms with Crippen molar-refractivity contribution >= 4 is 21.6 Å². The third-order valence-corrected chi connectivity index (χ3v) is 6.73. The molecule has 2 unspecified atom stereocenters. The molecule has 0 aliphatic carbocycles. The molecule has 11 heteroatoms. The van der Waals surface area contributed by atoms with Crippen molar-refractivity contribution in [2.24, 2.45) is 5.73 Å². The molecule has 0 spiro atoms. The van der Waals surface area contributed by atoms with Crippen LogP contribution in [-0.4, -0.2) is 53.6 Å². The molecule has 1 aliphatic rings. The number of aliphatic hydroxyl groups is 1. The van der Waals surface area contributed by atoms with Gasteiger partial charge in [-0.3, -0.25) is 0 Å². The minimum atomic E-state index is -4.07. The summed E-state index contributed by atoms with van der Waals surface area (Å²) < 4.78 is 46.6. The van der Waals surface area contributed by atoms with Crippen molar-refractivity contribution in [1.29, 1.82) is 5.26 Å². The Balaban J connectivity index is 1.92. The molecule has 1 aliphatic heterocycles. The van der Waals surface area contributed by atoms with Crippen molar-refractivity contribution < 1.29 is 22.7 Å². The van der Waals surface area contributed by atoms with E-state index in [0.29, 0.717) is 0 Å². The van der Waals surface area contributed by atoms with Gasteiger partial charge in [-0.25, -0.2) is 17.8 Å². The molecule has 2 heterocycles. The van der Waals surface area contributed by atoms with Gasteiger partial charge in [0.25, 0.3) is 10.0 Å². The lowest BCUT2D eigenvalue weighted by Gasteiger charge is -2.32. The van der Waals surface area contributed by atoms with Crippen LogP contribution in [-0.2, 0) is 10.0 Å². The molecule has 1 aromatic heterocycles. The van der Waals surface area contributed by atoms with Gasteiger partial charge in [0.15, 0.2) is 16.6 Å². The van der Waals surface area contributed by atoms with Gasteiger partial charge in [-0.2, -0.15) is 9.57 Å². The quantitative estimate of drug-likeness (QED) is 0.716. The number of ether oxygens (including phenoxy) is 1. The first-order chi connectivity index (χ1) is 13.6. The van der Waals surface area contributed by atoms with Crippen LogP contribution in [0.15, 0.2) is 41.6 Å². The Morgan fingerprint density at radius 3 is 2.76 bits per heavy atom. The molecule has 2 aromatic rings. The topological polar surface area (TPSA) is 130 Å². The zero-order valence-corrected chi connectivity index (χ0v) is 16.9. The Morgan fingerprint density at radius 2 is 2.21 bits per heavy atom. The van der Waals surface area contributed by atoms with Crippen LogP contribution in [0.5, 0.6) is 5.75 Å². The molecule has 0 radical (unpaired) electrons. The van der Waals surface area contributed by atoms with Crippen LogP contribution in [0.25, 0.3) is 0 Å². The predicted molar refractivity (Wildman–Crippen MR) is 102 cm³/mol. The highest BCUT2D eigenvalue weighted by atomic mass is 35.5. The third-order valence-electron chi connectivity index (χ3n) is 4.78. The summed E-state index contributed by atoms with van der Waals surface area (Å²) in [7, 11) is -4.07. The number of nitrogens with zero attached hydrogens (tertiary/aromatic N) is 3. The van der Waals surface area contributed by atoms with Crippen LogP contribution in [0.4, 0.5) is 4.39 Å². The zero-order valence-electron chi connectivity index (χ0n) is 15.3. The second-order valence-corrected chi connectivity index (χ2v) is 9.08. The van der Waals surface area contributed by atoms with Gasteiger partial charge in [-0.05, 0) is 37.3 Å². The Bertz CT molecular complexity index is 1060. The van der Waals surface area contributed by atoms with Crippen LogP contribution in [0.3, 0.4) is 0 Å². The van der Waals surface area contributed by atoms with Gasteiger partial charge >= 0.3 is 0 Å². The molecule has 0 amide bonds. The van der Waals surface area contributed by atoms with E-state index < -0.39 is 33.6 Å². The second kappa shape index (κ2) is 7.85. The summed E-state index contributed by atoms with van der Waals surface area (Å²) in [4.78, 5) is 3.82. The van der Waals surface area contributed by atoms with Crippen molar-refractivity contribution in [3.8, 4) is 11.8 Å². The summed E-state index contributed by atoms with van der Waals surface area (Å²) in [6.45, 7) is 0.867. The molecule has 3 N–H and O–H groups in total. The van der Waals surface area contributed by atoms with Gasteiger partial charge in [-0.1, -0.05) is 11.6 Å². The minimum absolute atomic E-state index is 0.0988. The van der Waals surface area contributed by atoms with E-state index in [4.69, 9.17) is 27.3 Å². The number of halogens is 2. The smallest absolute Gasteiger partial charge is 0.260 e. The maximum Gasteiger partial charge on any atom is 0.260 e. The first kappa shape index (κ1) is 21.4.